The lowest BCUT2D eigenvalue weighted by Gasteiger charge is -2.31. The van der Waals surface area contributed by atoms with Gasteiger partial charge in [0.05, 0.1) is 0 Å². The Bertz CT molecular complexity index is 271. The van der Waals surface area contributed by atoms with E-state index in [4.69, 9.17) is 5.11 Å². The molecular weight excluding hydrogens is 206 g/mol. The maximum Gasteiger partial charge on any atom is 0.318 e. The number of amides is 1. The first-order valence-electron chi connectivity index (χ1n) is 5.61. The van der Waals surface area contributed by atoms with E-state index >= 15 is 0 Å². The predicted molar refractivity (Wildman–Crippen MR) is 63.1 cm³/mol. The summed E-state index contributed by atoms with van der Waals surface area (Å²) in [5.74, 6) is -0.938. The molecule has 1 unspecified atom stereocenters. The van der Waals surface area contributed by atoms with E-state index in [1.165, 1.54) is 18.7 Å². The lowest BCUT2D eigenvalue weighted by molar-refractivity contribution is -0.158. The number of hydrogen-bond acceptors (Lipinski definition) is 2. The lowest BCUT2D eigenvalue weighted by atomic mass is 9.91. The summed E-state index contributed by atoms with van der Waals surface area (Å²) in [5.41, 5.74) is -1.35. The van der Waals surface area contributed by atoms with Crippen molar-refractivity contribution in [2.75, 3.05) is 7.05 Å². The van der Waals surface area contributed by atoms with E-state index in [1.807, 2.05) is 6.92 Å². The Morgan fingerprint density at radius 3 is 2.00 bits per heavy atom. The van der Waals surface area contributed by atoms with Gasteiger partial charge in [0.2, 0.25) is 5.91 Å². The molecule has 0 spiro atoms. The van der Waals surface area contributed by atoms with Crippen LogP contribution >= 0.6 is 0 Å². The van der Waals surface area contributed by atoms with Crippen molar-refractivity contribution in [2.45, 2.75) is 47.1 Å². The first-order valence-corrected chi connectivity index (χ1v) is 5.61. The summed E-state index contributed by atoms with van der Waals surface area (Å²) in [7, 11) is 1.67. The molecule has 0 aromatic rings. The van der Waals surface area contributed by atoms with Crippen LogP contribution in [0.25, 0.3) is 0 Å². The molecule has 0 heterocycles. The summed E-state index contributed by atoms with van der Waals surface area (Å²) in [4.78, 5) is 24.5. The fraction of sp³-hybridized carbons (Fsp3) is 0.833. The Labute approximate surface area is 97.6 Å². The van der Waals surface area contributed by atoms with Gasteiger partial charge in [0.1, 0.15) is 5.41 Å². The van der Waals surface area contributed by atoms with Crippen LogP contribution in [0.1, 0.15) is 41.0 Å². The maximum atomic E-state index is 12.0. The van der Waals surface area contributed by atoms with Crippen molar-refractivity contribution in [1.29, 1.82) is 0 Å². The van der Waals surface area contributed by atoms with Crippen LogP contribution in [0.15, 0.2) is 0 Å². The monoisotopic (exact) mass is 229 g/mol. The van der Waals surface area contributed by atoms with Crippen molar-refractivity contribution in [2.24, 2.45) is 11.3 Å². The summed E-state index contributed by atoms with van der Waals surface area (Å²) in [6.07, 6.45) is 0.873. The number of rotatable bonds is 5. The zero-order valence-electron chi connectivity index (χ0n) is 11.1. The number of carboxylic acids is 1. The van der Waals surface area contributed by atoms with Crippen molar-refractivity contribution in [3.05, 3.63) is 0 Å². The highest BCUT2D eigenvalue weighted by atomic mass is 16.4. The minimum absolute atomic E-state index is 0.0612. The van der Waals surface area contributed by atoms with Gasteiger partial charge in [0.15, 0.2) is 0 Å². The highest BCUT2D eigenvalue weighted by Crippen LogP contribution is 2.21. The van der Waals surface area contributed by atoms with Gasteiger partial charge in [-0.05, 0) is 33.1 Å². The largest absolute Gasteiger partial charge is 0.480 e. The second-order valence-corrected chi connectivity index (χ2v) is 5.32. The number of aliphatic carboxylic acids is 1. The molecule has 0 fully saturated rings. The second-order valence-electron chi connectivity index (χ2n) is 5.32. The quantitative estimate of drug-likeness (QED) is 0.733. The highest BCUT2D eigenvalue weighted by molar-refractivity contribution is 6.00. The Balaban J connectivity index is 4.67. The topological polar surface area (TPSA) is 57.6 Å². The fourth-order valence-corrected chi connectivity index (χ4v) is 1.57. The normalized spacial score (nSPS) is 13.7. The minimum atomic E-state index is -1.35. The van der Waals surface area contributed by atoms with Crippen LogP contribution in [-0.2, 0) is 9.59 Å². The molecule has 0 aromatic heterocycles. The molecule has 0 aromatic carbocycles. The molecule has 0 rings (SSSR count). The third-order valence-corrected chi connectivity index (χ3v) is 2.86. The average Bonchev–Trinajstić information content (AvgIpc) is 2.13. The van der Waals surface area contributed by atoms with Crippen LogP contribution in [0.4, 0.5) is 0 Å². The van der Waals surface area contributed by atoms with E-state index in [1.54, 1.807) is 7.05 Å². The Hall–Kier alpha value is -1.06. The minimum Gasteiger partial charge on any atom is -0.480 e. The van der Waals surface area contributed by atoms with Gasteiger partial charge in [0.25, 0.3) is 0 Å². The smallest absolute Gasteiger partial charge is 0.318 e. The zero-order chi connectivity index (χ0) is 13.1. The Morgan fingerprint density at radius 1 is 1.25 bits per heavy atom. The summed E-state index contributed by atoms with van der Waals surface area (Å²) >= 11 is 0. The number of hydrogen-bond donors (Lipinski definition) is 1. The average molecular weight is 229 g/mol. The number of nitrogens with zero attached hydrogens (tertiary/aromatic N) is 1. The van der Waals surface area contributed by atoms with Crippen molar-refractivity contribution < 1.29 is 14.7 Å². The highest BCUT2D eigenvalue weighted by Gasteiger charge is 2.39. The second kappa shape index (κ2) is 5.32. The van der Waals surface area contributed by atoms with Crippen LogP contribution in [0, 0.1) is 11.3 Å². The van der Waals surface area contributed by atoms with Gasteiger partial charge in [-0.3, -0.25) is 9.59 Å². The fourth-order valence-electron chi connectivity index (χ4n) is 1.57. The van der Waals surface area contributed by atoms with E-state index in [-0.39, 0.29) is 11.9 Å². The molecule has 94 valence electrons. The van der Waals surface area contributed by atoms with Gasteiger partial charge in [-0.25, -0.2) is 0 Å². The van der Waals surface area contributed by atoms with Crippen LogP contribution in [0.5, 0.6) is 0 Å². The van der Waals surface area contributed by atoms with E-state index in [0.29, 0.717) is 5.92 Å². The first-order chi connectivity index (χ1) is 7.10. The van der Waals surface area contributed by atoms with Crippen molar-refractivity contribution in [1.82, 2.24) is 4.90 Å². The first kappa shape index (κ1) is 14.9. The van der Waals surface area contributed by atoms with E-state index in [0.717, 1.165) is 6.42 Å². The molecular formula is C12H23NO3. The number of carbonyl (C=O) groups is 2. The summed E-state index contributed by atoms with van der Waals surface area (Å²) < 4.78 is 0. The molecule has 16 heavy (non-hydrogen) atoms. The van der Waals surface area contributed by atoms with Crippen molar-refractivity contribution >= 4 is 11.9 Å². The molecule has 0 aliphatic rings. The van der Waals surface area contributed by atoms with Crippen LogP contribution in [0.2, 0.25) is 0 Å². The maximum absolute atomic E-state index is 12.0. The van der Waals surface area contributed by atoms with Crippen LogP contribution < -0.4 is 0 Å². The van der Waals surface area contributed by atoms with Gasteiger partial charge in [0, 0.05) is 13.1 Å². The lowest BCUT2D eigenvalue weighted by Crippen LogP contribution is -2.47. The summed E-state index contributed by atoms with van der Waals surface area (Å²) in [6.45, 7) is 8.98. The van der Waals surface area contributed by atoms with Gasteiger partial charge < -0.3 is 10.0 Å². The van der Waals surface area contributed by atoms with E-state index < -0.39 is 11.4 Å². The molecule has 0 aliphatic carbocycles. The van der Waals surface area contributed by atoms with Gasteiger partial charge >= 0.3 is 5.97 Å². The molecule has 1 N–H and O–H groups in total. The molecule has 0 radical (unpaired) electrons. The zero-order valence-corrected chi connectivity index (χ0v) is 11.1. The summed E-state index contributed by atoms with van der Waals surface area (Å²) in [5, 5.41) is 8.98. The predicted octanol–water partition coefficient (Wildman–Crippen LogP) is 1.99. The van der Waals surface area contributed by atoms with E-state index in [2.05, 4.69) is 13.8 Å². The molecule has 0 bridgehead atoms. The molecule has 0 aliphatic heterocycles. The van der Waals surface area contributed by atoms with Crippen LogP contribution in [0.3, 0.4) is 0 Å². The molecule has 1 atom stereocenters. The molecule has 1 amide bonds. The summed E-state index contributed by atoms with van der Waals surface area (Å²) in [6, 6.07) is 0.0612. The number of carbonyl (C=O) groups excluding carboxylic acids is 1. The van der Waals surface area contributed by atoms with Gasteiger partial charge in [-0.15, -0.1) is 0 Å². The standard InChI is InChI=1S/C12H23NO3/c1-8(2)7-9(3)13(6)10(14)12(4,5)11(15)16/h8-9H,7H2,1-6H3,(H,15,16). The van der Waals surface area contributed by atoms with Gasteiger partial charge in [-0.1, -0.05) is 13.8 Å². The molecule has 0 saturated heterocycles. The number of carboxylic acid groups (broad SMARTS) is 1. The van der Waals surface area contributed by atoms with E-state index in [9.17, 15) is 9.59 Å². The van der Waals surface area contributed by atoms with Crippen molar-refractivity contribution in [3.63, 3.8) is 0 Å². The third kappa shape index (κ3) is 3.51. The Kier molecular flexibility index (Phi) is 4.97. The SMILES string of the molecule is CC(C)CC(C)N(C)C(=O)C(C)(C)C(=O)O. The van der Waals surface area contributed by atoms with Gasteiger partial charge in [-0.2, -0.15) is 0 Å². The molecule has 4 heteroatoms. The molecule has 4 nitrogen and oxygen atoms in total. The molecule has 0 saturated carbocycles. The van der Waals surface area contributed by atoms with Crippen molar-refractivity contribution in [3.8, 4) is 0 Å². The van der Waals surface area contributed by atoms with Crippen LogP contribution in [-0.4, -0.2) is 35.0 Å². The third-order valence-electron chi connectivity index (χ3n) is 2.86. The Morgan fingerprint density at radius 2 is 1.69 bits per heavy atom.